The summed E-state index contributed by atoms with van der Waals surface area (Å²) in [6.07, 6.45) is 2.26. The molecule has 0 bridgehead atoms. The van der Waals surface area contributed by atoms with Crippen molar-refractivity contribution < 1.29 is 9.59 Å². The van der Waals surface area contributed by atoms with E-state index < -0.39 is 5.91 Å². The van der Waals surface area contributed by atoms with Crippen molar-refractivity contribution in [3.8, 4) is 0 Å². The fourth-order valence-corrected chi connectivity index (χ4v) is 3.54. The van der Waals surface area contributed by atoms with E-state index in [9.17, 15) is 9.59 Å². The van der Waals surface area contributed by atoms with Gasteiger partial charge in [-0.25, -0.2) is 4.98 Å². The highest BCUT2D eigenvalue weighted by atomic mass is 35.5. The minimum absolute atomic E-state index is 0.0817. The maximum Gasteiger partial charge on any atom is 0.276 e. The van der Waals surface area contributed by atoms with Gasteiger partial charge in [-0.05, 0) is 48.4 Å². The summed E-state index contributed by atoms with van der Waals surface area (Å²) in [6, 6.07) is 15.9. The molecule has 2 heterocycles. The normalized spacial score (nSPS) is 13.2. The number of rotatable bonds is 3. The second kappa shape index (κ2) is 7.32. The molecule has 0 saturated carbocycles. The molecule has 1 aliphatic heterocycles. The fraction of sp³-hybridized carbons (Fsp3) is 0.0952. The summed E-state index contributed by atoms with van der Waals surface area (Å²) in [5.41, 5.74) is 9.05. The molecule has 0 radical (unpaired) electrons. The average Bonchev–Trinajstić information content (AvgIpc) is 2.69. The quantitative estimate of drug-likeness (QED) is 0.710. The molecule has 140 valence electrons. The van der Waals surface area contributed by atoms with Gasteiger partial charge >= 0.3 is 0 Å². The van der Waals surface area contributed by atoms with Crippen LogP contribution in [-0.4, -0.2) is 23.3 Å². The molecule has 2 aromatic carbocycles. The summed E-state index contributed by atoms with van der Waals surface area (Å²) >= 11 is 6.43. The minimum Gasteiger partial charge on any atom is -0.397 e. The highest BCUT2D eigenvalue weighted by molar-refractivity contribution is 6.34. The second-order valence-corrected chi connectivity index (χ2v) is 6.83. The number of halogens is 1. The topological polar surface area (TPSA) is 88.3 Å². The van der Waals surface area contributed by atoms with E-state index >= 15 is 0 Å². The Morgan fingerprint density at radius 3 is 2.75 bits per heavy atom. The zero-order chi connectivity index (χ0) is 19.7. The van der Waals surface area contributed by atoms with Crippen molar-refractivity contribution in [2.45, 2.75) is 6.42 Å². The molecule has 0 atom stereocenters. The predicted octanol–water partition coefficient (Wildman–Crippen LogP) is 3.77. The number of anilines is 3. The molecule has 1 aliphatic rings. The SMILES string of the molecule is Nc1cccnc1C(=O)Nc1ccc(N2CCc3ccccc3C2=O)c(Cl)c1. The van der Waals surface area contributed by atoms with Crippen LogP contribution in [0.4, 0.5) is 17.1 Å². The zero-order valence-electron chi connectivity index (χ0n) is 14.9. The summed E-state index contributed by atoms with van der Waals surface area (Å²) in [5, 5.41) is 3.10. The highest BCUT2D eigenvalue weighted by Gasteiger charge is 2.26. The molecule has 0 aliphatic carbocycles. The molecule has 4 rings (SSSR count). The first-order chi connectivity index (χ1) is 13.5. The predicted molar refractivity (Wildman–Crippen MR) is 110 cm³/mol. The lowest BCUT2D eigenvalue weighted by Crippen LogP contribution is -2.37. The zero-order valence-corrected chi connectivity index (χ0v) is 15.6. The summed E-state index contributed by atoms with van der Waals surface area (Å²) in [5.74, 6) is -0.508. The van der Waals surface area contributed by atoms with E-state index in [1.807, 2.05) is 24.3 Å². The number of aromatic nitrogens is 1. The van der Waals surface area contributed by atoms with E-state index in [1.165, 1.54) is 6.20 Å². The number of hydrogen-bond acceptors (Lipinski definition) is 4. The Kier molecular flexibility index (Phi) is 4.71. The van der Waals surface area contributed by atoms with E-state index in [2.05, 4.69) is 10.3 Å². The van der Waals surface area contributed by atoms with Crippen LogP contribution in [0.3, 0.4) is 0 Å². The van der Waals surface area contributed by atoms with Gasteiger partial charge in [-0.1, -0.05) is 29.8 Å². The van der Waals surface area contributed by atoms with Gasteiger partial charge in [0.1, 0.15) is 0 Å². The highest BCUT2D eigenvalue weighted by Crippen LogP contribution is 2.32. The Morgan fingerprint density at radius 2 is 1.96 bits per heavy atom. The van der Waals surface area contributed by atoms with Gasteiger partial charge in [-0.3, -0.25) is 9.59 Å². The number of amides is 2. The average molecular weight is 393 g/mol. The van der Waals surface area contributed by atoms with Gasteiger partial charge in [0.05, 0.1) is 16.4 Å². The van der Waals surface area contributed by atoms with Crippen LogP contribution in [0.25, 0.3) is 0 Å². The number of carbonyl (C=O) groups is 2. The molecule has 0 fully saturated rings. The molecule has 0 unspecified atom stereocenters. The number of nitrogens with zero attached hydrogens (tertiary/aromatic N) is 2. The molecule has 0 spiro atoms. The van der Waals surface area contributed by atoms with Crippen LogP contribution in [0.1, 0.15) is 26.4 Å². The van der Waals surface area contributed by atoms with Gasteiger partial charge in [0.15, 0.2) is 5.69 Å². The molecule has 7 heteroatoms. The van der Waals surface area contributed by atoms with Crippen LogP contribution >= 0.6 is 11.6 Å². The Labute approximate surface area is 166 Å². The largest absolute Gasteiger partial charge is 0.397 e. The van der Waals surface area contributed by atoms with E-state index in [4.69, 9.17) is 17.3 Å². The molecule has 0 saturated heterocycles. The summed E-state index contributed by atoms with van der Waals surface area (Å²) in [7, 11) is 0. The first kappa shape index (κ1) is 18.0. The molecule has 3 aromatic rings. The lowest BCUT2D eigenvalue weighted by molar-refractivity contribution is 0.0979. The van der Waals surface area contributed by atoms with E-state index in [0.29, 0.717) is 34.2 Å². The number of pyridine rings is 1. The van der Waals surface area contributed by atoms with Crippen molar-refractivity contribution in [3.63, 3.8) is 0 Å². The number of nitrogens with one attached hydrogen (secondary N) is 1. The number of nitrogens with two attached hydrogens (primary N) is 1. The second-order valence-electron chi connectivity index (χ2n) is 6.43. The Balaban J connectivity index is 1.57. The number of carbonyl (C=O) groups excluding carboxylic acids is 2. The number of hydrogen-bond donors (Lipinski definition) is 2. The Bertz CT molecular complexity index is 1080. The molecule has 3 N–H and O–H groups in total. The fourth-order valence-electron chi connectivity index (χ4n) is 3.26. The van der Waals surface area contributed by atoms with Crippen molar-refractivity contribution in [1.29, 1.82) is 0 Å². The van der Waals surface area contributed by atoms with Crippen molar-refractivity contribution in [1.82, 2.24) is 4.98 Å². The van der Waals surface area contributed by atoms with Gasteiger partial charge in [0.2, 0.25) is 0 Å². The lowest BCUT2D eigenvalue weighted by atomic mass is 9.98. The van der Waals surface area contributed by atoms with Crippen molar-refractivity contribution in [3.05, 3.63) is 82.6 Å². The molecule has 6 nitrogen and oxygen atoms in total. The van der Waals surface area contributed by atoms with Crippen LogP contribution in [0, 0.1) is 0 Å². The third-order valence-corrected chi connectivity index (χ3v) is 4.95. The van der Waals surface area contributed by atoms with Crippen LogP contribution < -0.4 is 16.0 Å². The maximum atomic E-state index is 12.8. The van der Waals surface area contributed by atoms with Crippen molar-refractivity contribution >= 4 is 40.5 Å². The standard InChI is InChI=1S/C21H17ClN4O2/c22-16-12-14(25-20(27)19-17(23)6-3-10-24-19)7-8-18(16)26-11-9-13-4-1-2-5-15(13)21(26)28/h1-8,10,12H,9,11,23H2,(H,25,27). The van der Waals surface area contributed by atoms with Gasteiger partial charge in [0.25, 0.3) is 11.8 Å². The third-order valence-electron chi connectivity index (χ3n) is 4.65. The monoisotopic (exact) mass is 392 g/mol. The number of benzene rings is 2. The smallest absolute Gasteiger partial charge is 0.276 e. The molecule has 28 heavy (non-hydrogen) atoms. The number of nitrogen functional groups attached to an aromatic ring is 1. The molecular weight excluding hydrogens is 376 g/mol. The molecular formula is C21H17ClN4O2. The Hall–Kier alpha value is -3.38. The summed E-state index contributed by atoms with van der Waals surface area (Å²) in [4.78, 5) is 30.8. The Morgan fingerprint density at radius 1 is 1.14 bits per heavy atom. The number of fused-ring (bicyclic) bond motifs is 1. The lowest BCUT2D eigenvalue weighted by Gasteiger charge is -2.29. The molecule has 2 amide bonds. The van der Waals surface area contributed by atoms with E-state index in [-0.39, 0.29) is 11.6 Å². The van der Waals surface area contributed by atoms with Crippen molar-refractivity contribution in [2.75, 3.05) is 22.5 Å². The van der Waals surface area contributed by atoms with Crippen LogP contribution in [0.2, 0.25) is 5.02 Å². The third kappa shape index (κ3) is 3.30. The summed E-state index contributed by atoms with van der Waals surface area (Å²) in [6.45, 7) is 0.547. The molecule has 1 aromatic heterocycles. The summed E-state index contributed by atoms with van der Waals surface area (Å²) < 4.78 is 0. The van der Waals surface area contributed by atoms with Crippen LogP contribution in [-0.2, 0) is 6.42 Å². The first-order valence-electron chi connectivity index (χ1n) is 8.76. The van der Waals surface area contributed by atoms with Gasteiger partial charge in [0, 0.05) is 24.0 Å². The minimum atomic E-state index is -0.426. The van der Waals surface area contributed by atoms with E-state index in [1.54, 1.807) is 35.2 Å². The van der Waals surface area contributed by atoms with E-state index in [0.717, 1.165) is 12.0 Å². The van der Waals surface area contributed by atoms with Crippen molar-refractivity contribution in [2.24, 2.45) is 0 Å². The van der Waals surface area contributed by atoms with Crippen LogP contribution in [0.5, 0.6) is 0 Å². The van der Waals surface area contributed by atoms with Gasteiger partial charge in [-0.2, -0.15) is 0 Å². The first-order valence-corrected chi connectivity index (χ1v) is 9.13. The van der Waals surface area contributed by atoms with Gasteiger partial charge in [-0.15, -0.1) is 0 Å². The maximum absolute atomic E-state index is 12.8. The van der Waals surface area contributed by atoms with Gasteiger partial charge < -0.3 is 16.0 Å². The van der Waals surface area contributed by atoms with Crippen LogP contribution in [0.15, 0.2) is 60.8 Å².